The van der Waals surface area contributed by atoms with E-state index in [-0.39, 0.29) is 11.7 Å². The van der Waals surface area contributed by atoms with Crippen molar-refractivity contribution < 1.29 is 4.79 Å². The zero-order valence-electron chi connectivity index (χ0n) is 17.3. The molecule has 0 spiro atoms. The van der Waals surface area contributed by atoms with Crippen LogP contribution in [0.15, 0.2) is 59.6 Å². The van der Waals surface area contributed by atoms with E-state index in [4.69, 9.17) is 46.4 Å². The van der Waals surface area contributed by atoms with Crippen LogP contribution in [0, 0.1) is 0 Å². The highest BCUT2D eigenvalue weighted by Gasteiger charge is 2.17. The zero-order chi connectivity index (χ0) is 24.2. The van der Waals surface area contributed by atoms with E-state index in [0.29, 0.717) is 48.4 Å². The fourth-order valence-corrected chi connectivity index (χ4v) is 5.25. The molecule has 2 heterocycles. The van der Waals surface area contributed by atoms with Crippen molar-refractivity contribution in [2.24, 2.45) is 0 Å². The van der Waals surface area contributed by atoms with E-state index >= 15 is 0 Å². The van der Waals surface area contributed by atoms with Crippen LogP contribution < -0.4 is 5.32 Å². The monoisotopic (exact) mass is 569 g/mol. The van der Waals surface area contributed by atoms with Gasteiger partial charge in [-0.1, -0.05) is 64.2 Å². The Balaban J connectivity index is 1.44. The number of anilines is 1. The molecule has 0 bridgehead atoms. The highest BCUT2D eigenvalue weighted by molar-refractivity contribution is 7.99. The van der Waals surface area contributed by atoms with E-state index in [0.717, 1.165) is 11.1 Å². The van der Waals surface area contributed by atoms with E-state index < -0.39 is 0 Å². The molecular formula is C22H15Cl4N5OS2. The third kappa shape index (κ3) is 5.76. The first-order valence-corrected chi connectivity index (χ1v) is 13.1. The van der Waals surface area contributed by atoms with Gasteiger partial charge in [0.25, 0.3) is 0 Å². The fourth-order valence-electron chi connectivity index (χ4n) is 2.98. The molecule has 0 aliphatic heterocycles. The van der Waals surface area contributed by atoms with Crippen molar-refractivity contribution >= 4 is 80.5 Å². The quantitative estimate of drug-likeness (QED) is 0.174. The molecular weight excluding hydrogens is 556 g/mol. The molecule has 0 aliphatic rings. The lowest BCUT2D eigenvalue weighted by atomic mass is 10.2. The number of nitrogens with one attached hydrogen (secondary N) is 1. The molecule has 4 aromatic rings. The topological polar surface area (TPSA) is 72.7 Å². The number of halogens is 4. The predicted molar refractivity (Wildman–Crippen MR) is 143 cm³/mol. The van der Waals surface area contributed by atoms with Crippen molar-refractivity contribution in [1.82, 2.24) is 19.7 Å². The fraction of sp³-hybridized carbons (Fsp3) is 0.0909. The van der Waals surface area contributed by atoms with E-state index in [1.807, 2.05) is 16.0 Å². The van der Waals surface area contributed by atoms with E-state index in [9.17, 15) is 4.79 Å². The summed E-state index contributed by atoms with van der Waals surface area (Å²) >= 11 is 26.9. The first kappa shape index (κ1) is 25.0. The number of aromatic nitrogens is 4. The Hall–Kier alpha value is -2.07. The van der Waals surface area contributed by atoms with Crippen LogP contribution >= 0.6 is 69.5 Å². The Morgan fingerprint density at radius 2 is 1.91 bits per heavy atom. The predicted octanol–water partition coefficient (Wildman–Crippen LogP) is 7.60. The molecule has 1 amide bonds. The summed E-state index contributed by atoms with van der Waals surface area (Å²) in [5, 5.41) is 16.1. The van der Waals surface area contributed by atoms with Crippen LogP contribution in [0.1, 0.15) is 0 Å². The molecule has 2 aromatic carbocycles. The number of benzene rings is 2. The summed E-state index contributed by atoms with van der Waals surface area (Å²) in [5.74, 6) is 0.496. The van der Waals surface area contributed by atoms with E-state index in [1.54, 1.807) is 36.4 Å². The average Bonchev–Trinajstić information content (AvgIpc) is 3.42. The van der Waals surface area contributed by atoms with Crippen LogP contribution in [-0.2, 0) is 11.3 Å². The highest BCUT2D eigenvalue weighted by Crippen LogP contribution is 2.33. The van der Waals surface area contributed by atoms with Gasteiger partial charge in [0.1, 0.15) is 0 Å². The number of amides is 1. The third-order valence-electron chi connectivity index (χ3n) is 4.50. The number of carbonyl (C=O) groups is 1. The van der Waals surface area contributed by atoms with Crippen LogP contribution in [0.4, 0.5) is 5.13 Å². The number of hydrogen-bond donors (Lipinski definition) is 1. The van der Waals surface area contributed by atoms with Gasteiger partial charge in [-0.25, -0.2) is 4.98 Å². The first-order valence-electron chi connectivity index (χ1n) is 9.69. The van der Waals surface area contributed by atoms with Crippen molar-refractivity contribution in [3.63, 3.8) is 0 Å². The lowest BCUT2D eigenvalue weighted by Gasteiger charge is -2.08. The molecule has 174 valence electrons. The van der Waals surface area contributed by atoms with Gasteiger partial charge in [-0.05, 0) is 36.4 Å². The normalized spacial score (nSPS) is 10.9. The summed E-state index contributed by atoms with van der Waals surface area (Å²) in [4.78, 5) is 17.0. The number of carbonyl (C=O) groups excluding carboxylic acids is 1. The molecule has 0 saturated carbocycles. The SMILES string of the molecule is C=CCn1c(SCC(=O)Nc2nc(-c3ccc(Cl)cc3Cl)cs2)nnc1-c1ccc(Cl)c(Cl)c1. The summed E-state index contributed by atoms with van der Waals surface area (Å²) in [6.45, 7) is 4.26. The lowest BCUT2D eigenvalue weighted by Crippen LogP contribution is -2.14. The Morgan fingerprint density at radius 3 is 2.65 bits per heavy atom. The number of thioether (sulfide) groups is 1. The second-order valence-corrected chi connectivity index (χ2v) is 10.3. The smallest absolute Gasteiger partial charge is 0.236 e. The summed E-state index contributed by atoms with van der Waals surface area (Å²) in [6.07, 6.45) is 1.73. The second kappa shape index (κ2) is 11.1. The Morgan fingerprint density at radius 1 is 1.09 bits per heavy atom. The minimum atomic E-state index is -0.225. The minimum Gasteiger partial charge on any atom is -0.301 e. The maximum Gasteiger partial charge on any atom is 0.236 e. The van der Waals surface area contributed by atoms with Crippen molar-refractivity contribution in [3.8, 4) is 22.6 Å². The van der Waals surface area contributed by atoms with Gasteiger partial charge in [-0.2, -0.15) is 0 Å². The Kier molecular flexibility index (Phi) is 8.18. The van der Waals surface area contributed by atoms with Gasteiger partial charge in [0.2, 0.25) is 5.91 Å². The molecule has 0 atom stereocenters. The van der Waals surface area contributed by atoms with Crippen molar-refractivity contribution in [1.29, 1.82) is 0 Å². The standard InChI is InChI=1S/C22H15Cl4N5OS2/c1-2-7-31-20(12-3-6-15(24)17(26)8-12)29-30-22(31)34-11-19(32)28-21-27-18(10-33-21)14-5-4-13(23)9-16(14)25/h2-6,8-10H,1,7,11H2,(H,27,28,32). The van der Waals surface area contributed by atoms with Crippen LogP contribution in [-0.4, -0.2) is 31.4 Å². The molecule has 0 radical (unpaired) electrons. The summed E-state index contributed by atoms with van der Waals surface area (Å²) in [7, 11) is 0. The molecule has 0 aliphatic carbocycles. The largest absolute Gasteiger partial charge is 0.301 e. The van der Waals surface area contributed by atoms with Gasteiger partial charge < -0.3 is 5.32 Å². The third-order valence-corrected chi connectivity index (χ3v) is 7.51. The van der Waals surface area contributed by atoms with E-state index in [2.05, 4.69) is 27.1 Å². The lowest BCUT2D eigenvalue weighted by molar-refractivity contribution is -0.113. The zero-order valence-corrected chi connectivity index (χ0v) is 21.9. The molecule has 34 heavy (non-hydrogen) atoms. The molecule has 0 fully saturated rings. The summed E-state index contributed by atoms with van der Waals surface area (Å²) in [6, 6.07) is 10.4. The molecule has 1 N–H and O–H groups in total. The molecule has 6 nitrogen and oxygen atoms in total. The molecule has 0 saturated heterocycles. The van der Waals surface area contributed by atoms with Crippen molar-refractivity contribution in [2.45, 2.75) is 11.7 Å². The van der Waals surface area contributed by atoms with Gasteiger partial charge in [0, 0.05) is 28.1 Å². The number of allylic oxidation sites excluding steroid dienone is 1. The Bertz CT molecular complexity index is 1370. The van der Waals surface area contributed by atoms with Crippen LogP contribution in [0.3, 0.4) is 0 Å². The number of rotatable bonds is 8. The molecule has 2 aromatic heterocycles. The molecule has 12 heteroatoms. The molecule has 0 unspecified atom stereocenters. The maximum atomic E-state index is 12.6. The summed E-state index contributed by atoms with van der Waals surface area (Å²) < 4.78 is 1.86. The maximum absolute atomic E-state index is 12.6. The number of nitrogens with zero attached hydrogens (tertiary/aromatic N) is 4. The van der Waals surface area contributed by atoms with Crippen molar-refractivity contribution in [3.05, 3.63) is 74.5 Å². The van der Waals surface area contributed by atoms with Gasteiger partial charge in [-0.15, -0.1) is 28.1 Å². The van der Waals surface area contributed by atoms with E-state index in [1.165, 1.54) is 23.1 Å². The number of hydrogen-bond acceptors (Lipinski definition) is 6. The van der Waals surface area contributed by atoms with Gasteiger partial charge in [0.15, 0.2) is 16.1 Å². The Labute approximate surface area is 223 Å². The van der Waals surface area contributed by atoms with Crippen LogP contribution in [0.2, 0.25) is 20.1 Å². The van der Waals surface area contributed by atoms with Gasteiger partial charge in [-0.3, -0.25) is 9.36 Å². The van der Waals surface area contributed by atoms with Crippen LogP contribution in [0.5, 0.6) is 0 Å². The molecule has 4 rings (SSSR count). The second-order valence-electron chi connectivity index (χ2n) is 6.83. The average molecular weight is 571 g/mol. The van der Waals surface area contributed by atoms with Crippen LogP contribution in [0.25, 0.3) is 22.6 Å². The summed E-state index contributed by atoms with van der Waals surface area (Å²) in [5.41, 5.74) is 2.16. The van der Waals surface area contributed by atoms with Gasteiger partial charge >= 0.3 is 0 Å². The number of thiazole rings is 1. The first-order chi connectivity index (χ1) is 16.4. The van der Waals surface area contributed by atoms with Crippen molar-refractivity contribution in [2.75, 3.05) is 11.1 Å². The minimum absolute atomic E-state index is 0.118. The highest BCUT2D eigenvalue weighted by atomic mass is 35.5. The van der Waals surface area contributed by atoms with Gasteiger partial charge in [0.05, 0.1) is 26.5 Å².